The van der Waals surface area contributed by atoms with Crippen molar-refractivity contribution in [3.05, 3.63) is 68.6 Å². The zero-order chi connectivity index (χ0) is 26.2. The molecular weight excluding hydrogens is 592 g/mol. The van der Waals surface area contributed by atoms with Crippen LogP contribution in [0.1, 0.15) is 31.9 Å². The van der Waals surface area contributed by atoms with Gasteiger partial charge in [0.05, 0.1) is 0 Å². The van der Waals surface area contributed by atoms with Gasteiger partial charge in [-0.3, -0.25) is 0 Å². The molecule has 0 aromatic heterocycles. The standard InChI is InChI=1S/C18H20BrNO2.C13H12BrN/c1-18(2,3)22-17(21)20-10-15-14(16(15)11-20)9-6-12-4-7-13(19)8-5-12;14-10-4-1-9(2-5-10)3-6-11-12-7-15-8-13(11)12/h4-5,7-8,14-16H,10-11H2,1-3H3;1-2,4-5,11-13,15H,7-8H2/t14?,15-,16+;11?,12-,13+. The summed E-state index contributed by atoms with van der Waals surface area (Å²) in [5.41, 5.74) is 1.73. The number of likely N-dealkylation sites (tertiary alicyclic amines) is 1. The molecule has 2 heterocycles. The molecule has 2 unspecified atom stereocenters. The highest BCUT2D eigenvalue weighted by molar-refractivity contribution is 9.10. The largest absolute Gasteiger partial charge is 0.444 e. The maximum atomic E-state index is 12.0. The number of nitrogens with one attached hydrogen (secondary N) is 1. The third kappa shape index (κ3) is 6.80. The number of carbonyl (C=O) groups is 1. The van der Waals surface area contributed by atoms with Gasteiger partial charge in [0.1, 0.15) is 5.60 Å². The van der Waals surface area contributed by atoms with Crippen molar-refractivity contribution in [1.29, 1.82) is 0 Å². The van der Waals surface area contributed by atoms with E-state index in [0.717, 1.165) is 45.0 Å². The van der Waals surface area contributed by atoms with Crippen LogP contribution in [0.3, 0.4) is 0 Å². The first-order chi connectivity index (χ1) is 17.7. The Hall–Kier alpha value is -2.25. The van der Waals surface area contributed by atoms with E-state index < -0.39 is 5.60 Å². The average Bonchev–Trinajstić information content (AvgIpc) is 3.49. The normalized spacial score (nSPS) is 28.3. The summed E-state index contributed by atoms with van der Waals surface area (Å²) in [6, 6.07) is 16.2. The fourth-order valence-electron chi connectivity index (χ4n) is 5.25. The van der Waals surface area contributed by atoms with Crippen LogP contribution in [0.15, 0.2) is 57.5 Å². The number of benzene rings is 2. The van der Waals surface area contributed by atoms with Gasteiger partial charge < -0.3 is 15.0 Å². The molecule has 2 aromatic rings. The minimum atomic E-state index is -0.426. The third-order valence-corrected chi connectivity index (χ3v) is 8.45. The predicted molar refractivity (Wildman–Crippen MR) is 154 cm³/mol. The fourth-order valence-corrected chi connectivity index (χ4v) is 5.78. The molecule has 6 heteroatoms. The quantitative estimate of drug-likeness (QED) is 0.357. The number of fused-ring (bicyclic) bond motifs is 2. The first kappa shape index (κ1) is 26.4. The summed E-state index contributed by atoms with van der Waals surface area (Å²) in [5.74, 6) is 17.1. The number of nitrogens with zero attached hydrogens (tertiary/aromatic N) is 1. The summed E-state index contributed by atoms with van der Waals surface area (Å²) >= 11 is 6.84. The topological polar surface area (TPSA) is 41.6 Å². The van der Waals surface area contributed by atoms with Crippen molar-refractivity contribution in [1.82, 2.24) is 10.2 Å². The molecule has 0 radical (unpaired) electrons. The first-order valence-corrected chi connectivity index (χ1v) is 14.5. The van der Waals surface area contributed by atoms with Gasteiger partial charge in [-0.05, 0) is 106 Å². The van der Waals surface area contributed by atoms with Gasteiger partial charge in [0.25, 0.3) is 0 Å². The number of hydrogen-bond acceptors (Lipinski definition) is 3. The predicted octanol–water partition coefficient (Wildman–Crippen LogP) is 6.18. The summed E-state index contributed by atoms with van der Waals surface area (Å²) < 4.78 is 7.59. The second-order valence-corrected chi connectivity index (χ2v) is 13.1. The van der Waals surface area contributed by atoms with Gasteiger partial charge in [0.2, 0.25) is 0 Å². The summed E-state index contributed by atoms with van der Waals surface area (Å²) in [6.45, 7) is 9.59. The lowest BCUT2D eigenvalue weighted by Crippen LogP contribution is -2.37. The summed E-state index contributed by atoms with van der Waals surface area (Å²) in [6.07, 6.45) is -0.195. The Bertz CT molecular complexity index is 1240. The van der Waals surface area contributed by atoms with Crippen molar-refractivity contribution in [2.24, 2.45) is 35.5 Å². The Morgan fingerprint density at radius 2 is 1.24 bits per heavy atom. The minimum Gasteiger partial charge on any atom is -0.444 e. The van der Waals surface area contributed by atoms with E-state index in [2.05, 4.69) is 73.0 Å². The minimum absolute atomic E-state index is 0.195. The molecule has 2 aliphatic heterocycles. The summed E-state index contributed by atoms with van der Waals surface area (Å²) in [5, 5.41) is 3.38. The van der Waals surface area contributed by atoms with Crippen LogP contribution in [0.4, 0.5) is 4.79 Å². The number of piperidine rings is 2. The molecule has 2 saturated heterocycles. The molecule has 192 valence electrons. The van der Waals surface area contributed by atoms with Crippen LogP contribution in [0, 0.1) is 59.2 Å². The highest BCUT2D eigenvalue weighted by Gasteiger charge is 2.56. The molecule has 1 N–H and O–H groups in total. The van der Waals surface area contributed by atoms with Crippen molar-refractivity contribution in [2.45, 2.75) is 26.4 Å². The average molecular weight is 624 g/mol. The van der Waals surface area contributed by atoms with E-state index in [4.69, 9.17) is 4.74 Å². The molecule has 37 heavy (non-hydrogen) atoms. The van der Waals surface area contributed by atoms with E-state index in [9.17, 15) is 4.79 Å². The lowest BCUT2D eigenvalue weighted by Gasteiger charge is -2.25. The Kier molecular flexibility index (Phi) is 7.73. The van der Waals surface area contributed by atoms with Crippen molar-refractivity contribution in [3.8, 4) is 23.7 Å². The SMILES string of the molecule is Brc1ccc(C#CC2[C@H]3CNC[C@@H]23)cc1.CC(C)(C)OC(=O)N1C[C@@H]2C(C#Cc3ccc(Br)cc3)[C@@H]2C1. The molecule has 4 nitrogen and oxygen atoms in total. The second-order valence-electron chi connectivity index (χ2n) is 11.3. The van der Waals surface area contributed by atoms with Crippen molar-refractivity contribution in [2.75, 3.05) is 26.2 Å². The molecule has 6 rings (SSSR count). The zero-order valence-corrected chi connectivity index (χ0v) is 24.6. The summed E-state index contributed by atoms with van der Waals surface area (Å²) in [4.78, 5) is 13.8. The molecule has 1 amide bonds. The monoisotopic (exact) mass is 622 g/mol. The van der Waals surface area contributed by atoms with E-state index in [1.165, 1.54) is 13.1 Å². The molecule has 0 bridgehead atoms. The maximum absolute atomic E-state index is 12.0. The van der Waals surface area contributed by atoms with Gasteiger partial charge in [-0.1, -0.05) is 55.5 Å². The smallest absolute Gasteiger partial charge is 0.410 e. The van der Waals surface area contributed by atoms with E-state index in [-0.39, 0.29) is 6.09 Å². The lowest BCUT2D eigenvalue weighted by molar-refractivity contribution is 0.0269. The van der Waals surface area contributed by atoms with Crippen LogP contribution in [0.25, 0.3) is 0 Å². The van der Waals surface area contributed by atoms with Gasteiger partial charge in [-0.25, -0.2) is 4.79 Å². The van der Waals surface area contributed by atoms with Crippen LogP contribution in [0.2, 0.25) is 0 Å². The van der Waals surface area contributed by atoms with E-state index >= 15 is 0 Å². The molecule has 0 spiro atoms. The van der Waals surface area contributed by atoms with Crippen molar-refractivity contribution >= 4 is 38.0 Å². The Morgan fingerprint density at radius 1 is 0.811 bits per heavy atom. The van der Waals surface area contributed by atoms with Gasteiger partial charge in [0, 0.05) is 45.0 Å². The molecule has 4 aliphatic rings. The number of rotatable bonds is 0. The van der Waals surface area contributed by atoms with Gasteiger partial charge >= 0.3 is 6.09 Å². The number of ether oxygens (including phenoxy) is 1. The highest BCUT2D eigenvalue weighted by Crippen LogP contribution is 2.51. The van der Waals surface area contributed by atoms with Gasteiger partial charge in [-0.2, -0.15) is 0 Å². The summed E-state index contributed by atoms with van der Waals surface area (Å²) in [7, 11) is 0. The number of carbonyl (C=O) groups excluding carboxylic acids is 1. The van der Waals surface area contributed by atoms with Gasteiger partial charge in [0.15, 0.2) is 0 Å². The second kappa shape index (κ2) is 10.9. The van der Waals surface area contributed by atoms with E-state index in [0.29, 0.717) is 23.7 Å². The zero-order valence-electron chi connectivity index (χ0n) is 21.4. The Balaban J connectivity index is 0.000000162. The van der Waals surface area contributed by atoms with Crippen LogP contribution >= 0.6 is 31.9 Å². The molecule has 2 saturated carbocycles. The number of amides is 1. The molecule has 4 fully saturated rings. The maximum Gasteiger partial charge on any atom is 0.410 e. The number of hydrogen-bond donors (Lipinski definition) is 1. The first-order valence-electron chi connectivity index (χ1n) is 12.9. The molecule has 2 aliphatic carbocycles. The molecule has 2 aromatic carbocycles. The fraction of sp³-hybridized carbons (Fsp3) is 0.452. The van der Waals surface area contributed by atoms with Gasteiger partial charge in [-0.15, -0.1) is 0 Å². The van der Waals surface area contributed by atoms with Crippen LogP contribution in [-0.4, -0.2) is 42.8 Å². The van der Waals surface area contributed by atoms with Crippen molar-refractivity contribution in [3.63, 3.8) is 0 Å². The molecule has 6 atom stereocenters. The highest BCUT2D eigenvalue weighted by atomic mass is 79.9. The number of halogens is 2. The van der Waals surface area contributed by atoms with Crippen LogP contribution in [-0.2, 0) is 4.74 Å². The van der Waals surface area contributed by atoms with E-state index in [1.54, 1.807) is 0 Å². The van der Waals surface area contributed by atoms with Crippen LogP contribution in [0.5, 0.6) is 0 Å². The Labute approximate surface area is 237 Å². The van der Waals surface area contributed by atoms with Crippen molar-refractivity contribution < 1.29 is 9.53 Å². The van der Waals surface area contributed by atoms with Crippen LogP contribution < -0.4 is 5.32 Å². The third-order valence-electron chi connectivity index (χ3n) is 7.39. The Morgan fingerprint density at radius 3 is 1.68 bits per heavy atom. The lowest BCUT2D eigenvalue weighted by atomic mass is 10.2. The van der Waals surface area contributed by atoms with E-state index in [1.807, 2.05) is 62.1 Å². The molecular formula is C31H32Br2N2O2.